The summed E-state index contributed by atoms with van der Waals surface area (Å²) in [4.78, 5) is 4.09. The highest BCUT2D eigenvalue weighted by molar-refractivity contribution is 5.15. The van der Waals surface area contributed by atoms with Crippen LogP contribution in [-0.4, -0.2) is 29.8 Å². The molecule has 1 heterocycles. The van der Waals surface area contributed by atoms with Crippen molar-refractivity contribution in [1.82, 2.24) is 10.1 Å². The van der Waals surface area contributed by atoms with Crippen LogP contribution in [0.25, 0.3) is 0 Å². The van der Waals surface area contributed by atoms with E-state index in [1.54, 1.807) is 0 Å². The molecule has 92 valence electrons. The van der Waals surface area contributed by atoms with Crippen LogP contribution in [0.1, 0.15) is 24.1 Å². The number of halogens is 2. The molecule has 1 aromatic heterocycles. The quantitative estimate of drug-likeness (QED) is 0.708. The van der Waals surface area contributed by atoms with Crippen molar-refractivity contribution in [2.75, 3.05) is 13.2 Å². The molecule has 0 aliphatic heterocycles. The van der Waals surface area contributed by atoms with Gasteiger partial charge in [-0.15, -0.1) is 0 Å². The molecule has 0 N–H and O–H groups in total. The van der Waals surface area contributed by atoms with Crippen LogP contribution in [0, 0.1) is 17.2 Å². The molecule has 5 nitrogen and oxygen atoms in total. The fraction of sp³-hybridized carbons (Fsp3) is 0.700. The maximum absolute atomic E-state index is 11.8. The van der Waals surface area contributed by atoms with Crippen molar-refractivity contribution >= 4 is 0 Å². The number of nitriles is 1. The Balaban J connectivity index is 1.74. The zero-order valence-corrected chi connectivity index (χ0v) is 8.97. The second-order valence-corrected chi connectivity index (χ2v) is 3.84. The number of aromatic nitrogens is 2. The first-order chi connectivity index (χ1) is 8.20. The van der Waals surface area contributed by atoms with Crippen LogP contribution in [0.4, 0.5) is 8.78 Å². The monoisotopic (exact) mass is 243 g/mol. The number of hydrogen-bond donors (Lipinski definition) is 0. The Hall–Kier alpha value is -1.55. The van der Waals surface area contributed by atoms with Gasteiger partial charge in [0, 0.05) is 6.42 Å². The maximum Gasteiger partial charge on any atom is 0.261 e. The van der Waals surface area contributed by atoms with Gasteiger partial charge < -0.3 is 9.26 Å². The predicted molar refractivity (Wildman–Crippen MR) is 51.3 cm³/mol. The summed E-state index contributed by atoms with van der Waals surface area (Å²) in [5.41, 5.74) is 0. The first-order valence-corrected chi connectivity index (χ1v) is 5.28. The summed E-state index contributed by atoms with van der Waals surface area (Å²) in [6, 6.07) is 2.13. The number of alkyl halides is 2. The summed E-state index contributed by atoms with van der Waals surface area (Å²) in [5.74, 6) is 0.903. The Morgan fingerprint density at radius 2 is 2.41 bits per heavy atom. The fourth-order valence-corrected chi connectivity index (χ4v) is 1.47. The van der Waals surface area contributed by atoms with Gasteiger partial charge in [-0.25, -0.2) is 8.78 Å². The first-order valence-electron chi connectivity index (χ1n) is 5.28. The highest BCUT2D eigenvalue weighted by atomic mass is 19.3. The summed E-state index contributed by atoms with van der Waals surface area (Å²) >= 11 is 0. The van der Waals surface area contributed by atoms with Crippen LogP contribution in [0.15, 0.2) is 4.52 Å². The third-order valence-electron chi connectivity index (χ3n) is 2.47. The Morgan fingerprint density at radius 1 is 1.59 bits per heavy atom. The Bertz CT molecular complexity index is 416. The van der Waals surface area contributed by atoms with Gasteiger partial charge >= 0.3 is 0 Å². The lowest BCUT2D eigenvalue weighted by atomic mass is 10.3. The molecule has 0 bridgehead atoms. The van der Waals surface area contributed by atoms with Crippen molar-refractivity contribution < 1.29 is 18.0 Å². The van der Waals surface area contributed by atoms with E-state index in [0.29, 0.717) is 18.1 Å². The number of hydrogen-bond acceptors (Lipinski definition) is 5. The fourth-order valence-electron chi connectivity index (χ4n) is 1.47. The van der Waals surface area contributed by atoms with Gasteiger partial charge in [-0.3, -0.25) is 0 Å². The molecule has 1 aliphatic carbocycles. The predicted octanol–water partition coefficient (Wildman–Crippen LogP) is 1.52. The molecule has 0 amide bonds. The molecule has 1 saturated carbocycles. The summed E-state index contributed by atoms with van der Waals surface area (Å²) in [5, 5.41) is 12.3. The van der Waals surface area contributed by atoms with Gasteiger partial charge in [-0.05, 0) is 6.42 Å². The summed E-state index contributed by atoms with van der Waals surface area (Å²) in [7, 11) is 0. The summed E-state index contributed by atoms with van der Waals surface area (Å²) in [6.45, 7) is -0.445. The largest absolute Gasteiger partial charge is 0.375 e. The minimum absolute atomic E-state index is 0.0293. The molecule has 1 aliphatic rings. The van der Waals surface area contributed by atoms with Gasteiger partial charge in [0.2, 0.25) is 5.89 Å². The summed E-state index contributed by atoms with van der Waals surface area (Å²) in [6.07, 6.45) is -1.38. The average molecular weight is 243 g/mol. The van der Waals surface area contributed by atoms with Crippen molar-refractivity contribution in [2.24, 2.45) is 5.92 Å². The lowest BCUT2D eigenvalue weighted by Gasteiger charge is -1.99. The lowest BCUT2D eigenvalue weighted by Crippen LogP contribution is -2.07. The van der Waals surface area contributed by atoms with Crippen LogP contribution >= 0.6 is 0 Å². The Morgan fingerprint density at radius 3 is 3.06 bits per heavy atom. The topological polar surface area (TPSA) is 71.9 Å². The zero-order chi connectivity index (χ0) is 12.3. The van der Waals surface area contributed by atoms with Gasteiger partial charge in [0.15, 0.2) is 5.82 Å². The second-order valence-electron chi connectivity index (χ2n) is 3.84. The molecule has 2 atom stereocenters. The van der Waals surface area contributed by atoms with Gasteiger partial charge in [0.1, 0.15) is 6.61 Å². The van der Waals surface area contributed by atoms with E-state index < -0.39 is 13.0 Å². The zero-order valence-electron chi connectivity index (χ0n) is 8.97. The SMILES string of the molecule is N#CC1CC1c1nc(CCOCC(F)F)no1. The Kier molecular flexibility index (Phi) is 3.64. The molecule has 0 spiro atoms. The highest BCUT2D eigenvalue weighted by Crippen LogP contribution is 2.45. The van der Waals surface area contributed by atoms with Gasteiger partial charge in [-0.1, -0.05) is 5.16 Å². The standard InChI is InChI=1S/C10H11F2N3O2/c11-8(12)5-16-2-1-9-14-10(17-15-9)7-3-6(7)4-13/h6-8H,1-3,5H2. The van der Waals surface area contributed by atoms with Crippen LogP contribution in [0.2, 0.25) is 0 Å². The van der Waals surface area contributed by atoms with Crippen LogP contribution in [0.3, 0.4) is 0 Å². The third kappa shape index (κ3) is 3.20. The number of ether oxygens (including phenoxy) is 1. The van der Waals surface area contributed by atoms with E-state index >= 15 is 0 Å². The van der Waals surface area contributed by atoms with Crippen LogP contribution in [-0.2, 0) is 11.2 Å². The molecule has 0 saturated heterocycles. The maximum atomic E-state index is 11.8. The van der Waals surface area contributed by atoms with Crippen molar-refractivity contribution in [3.05, 3.63) is 11.7 Å². The third-order valence-corrected chi connectivity index (χ3v) is 2.47. The Labute approximate surface area is 96.4 Å². The lowest BCUT2D eigenvalue weighted by molar-refractivity contribution is 0.0182. The van der Waals surface area contributed by atoms with E-state index in [9.17, 15) is 8.78 Å². The minimum atomic E-state index is -2.46. The van der Waals surface area contributed by atoms with E-state index in [4.69, 9.17) is 14.5 Å². The van der Waals surface area contributed by atoms with E-state index in [2.05, 4.69) is 16.2 Å². The molecule has 2 rings (SSSR count). The van der Waals surface area contributed by atoms with Crippen molar-refractivity contribution in [3.63, 3.8) is 0 Å². The van der Waals surface area contributed by atoms with Crippen molar-refractivity contribution in [2.45, 2.75) is 25.2 Å². The molecule has 0 radical (unpaired) electrons. The average Bonchev–Trinajstić information content (AvgIpc) is 2.95. The molecular formula is C10H11F2N3O2. The van der Waals surface area contributed by atoms with Crippen molar-refractivity contribution in [1.29, 1.82) is 5.26 Å². The first kappa shape index (κ1) is 11.9. The minimum Gasteiger partial charge on any atom is -0.375 e. The van der Waals surface area contributed by atoms with Gasteiger partial charge in [-0.2, -0.15) is 10.2 Å². The normalized spacial score (nSPS) is 22.7. The molecule has 1 aromatic rings. The highest BCUT2D eigenvalue weighted by Gasteiger charge is 2.43. The van der Waals surface area contributed by atoms with E-state index in [-0.39, 0.29) is 18.4 Å². The molecule has 0 aromatic carbocycles. The molecular weight excluding hydrogens is 232 g/mol. The van der Waals surface area contributed by atoms with E-state index in [1.807, 2.05) is 0 Å². The van der Waals surface area contributed by atoms with Crippen LogP contribution in [0.5, 0.6) is 0 Å². The molecule has 1 fully saturated rings. The number of nitrogens with zero attached hydrogens (tertiary/aromatic N) is 3. The molecule has 7 heteroatoms. The van der Waals surface area contributed by atoms with E-state index in [1.165, 1.54) is 0 Å². The molecule has 2 unspecified atom stereocenters. The van der Waals surface area contributed by atoms with Crippen molar-refractivity contribution in [3.8, 4) is 6.07 Å². The number of rotatable bonds is 6. The van der Waals surface area contributed by atoms with Gasteiger partial charge in [0.05, 0.1) is 24.5 Å². The van der Waals surface area contributed by atoms with Gasteiger partial charge in [0.25, 0.3) is 6.43 Å². The smallest absolute Gasteiger partial charge is 0.261 e. The summed E-state index contributed by atoms with van der Waals surface area (Å²) < 4.78 is 33.2. The van der Waals surface area contributed by atoms with E-state index in [0.717, 1.165) is 6.42 Å². The molecule has 17 heavy (non-hydrogen) atoms. The van der Waals surface area contributed by atoms with Crippen LogP contribution < -0.4 is 0 Å². The second kappa shape index (κ2) is 5.19.